The third kappa shape index (κ3) is 5.15. The first-order valence-corrected chi connectivity index (χ1v) is 7.94. The topological polar surface area (TPSA) is 82.6 Å². The van der Waals surface area contributed by atoms with Crippen molar-refractivity contribution < 1.29 is 19.0 Å². The van der Waals surface area contributed by atoms with E-state index in [-0.39, 0.29) is 17.6 Å². The minimum absolute atomic E-state index is 0.225. The molecule has 0 aliphatic rings. The molecule has 0 bridgehead atoms. The van der Waals surface area contributed by atoms with E-state index < -0.39 is 0 Å². The van der Waals surface area contributed by atoms with E-state index in [1.54, 1.807) is 20.4 Å². The Hall–Kier alpha value is -2.67. The minimum Gasteiger partial charge on any atom is -0.493 e. The maximum absolute atomic E-state index is 12.3. The summed E-state index contributed by atoms with van der Waals surface area (Å²) in [5.41, 5.74) is 1.94. The standard InChI is InChI=1S/C18H23N3O4/c1-12-10-20-15(11-19-12)18(22)21-13(2)14-5-6-16(17(9-14)24-4)25-8-7-23-3/h5-6,9-11,13H,7-8H2,1-4H3,(H,21,22). The number of hydrogen-bond donors (Lipinski definition) is 1. The first kappa shape index (κ1) is 18.7. The van der Waals surface area contributed by atoms with Crippen LogP contribution in [0, 0.1) is 6.92 Å². The number of aryl methyl sites for hydroxylation is 1. The van der Waals surface area contributed by atoms with Crippen LogP contribution in [0.25, 0.3) is 0 Å². The predicted molar refractivity (Wildman–Crippen MR) is 93.0 cm³/mol. The van der Waals surface area contributed by atoms with Crippen molar-refractivity contribution in [3.8, 4) is 11.5 Å². The van der Waals surface area contributed by atoms with E-state index in [2.05, 4.69) is 15.3 Å². The van der Waals surface area contributed by atoms with Gasteiger partial charge in [0.05, 0.1) is 31.6 Å². The second kappa shape index (κ2) is 8.98. The van der Waals surface area contributed by atoms with Crippen LogP contribution < -0.4 is 14.8 Å². The molecule has 1 aromatic carbocycles. The summed E-state index contributed by atoms with van der Waals surface area (Å²) < 4.78 is 15.9. The summed E-state index contributed by atoms with van der Waals surface area (Å²) in [4.78, 5) is 20.4. The van der Waals surface area contributed by atoms with Gasteiger partial charge in [-0.1, -0.05) is 6.07 Å². The smallest absolute Gasteiger partial charge is 0.271 e. The highest BCUT2D eigenvalue weighted by molar-refractivity contribution is 5.92. The highest BCUT2D eigenvalue weighted by Gasteiger charge is 2.15. The SMILES string of the molecule is COCCOc1ccc(C(C)NC(=O)c2cnc(C)cn2)cc1OC. The molecule has 0 saturated carbocycles. The molecule has 25 heavy (non-hydrogen) atoms. The Kier molecular flexibility index (Phi) is 6.71. The van der Waals surface area contributed by atoms with Crippen LogP contribution in [0.4, 0.5) is 0 Å². The molecule has 1 unspecified atom stereocenters. The zero-order valence-corrected chi connectivity index (χ0v) is 14.9. The van der Waals surface area contributed by atoms with Gasteiger partial charge in [0.25, 0.3) is 5.91 Å². The van der Waals surface area contributed by atoms with Crippen molar-refractivity contribution in [2.75, 3.05) is 27.4 Å². The fourth-order valence-corrected chi connectivity index (χ4v) is 2.17. The Labute approximate surface area is 147 Å². The Morgan fingerprint density at radius 2 is 1.96 bits per heavy atom. The molecule has 2 rings (SSSR count). The molecule has 134 valence electrons. The van der Waals surface area contributed by atoms with Crippen molar-refractivity contribution in [3.63, 3.8) is 0 Å². The van der Waals surface area contributed by atoms with Gasteiger partial charge in [-0.05, 0) is 31.5 Å². The minimum atomic E-state index is -0.278. The molecule has 0 spiro atoms. The van der Waals surface area contributed by atoms with Crippen LogP contribution in [0.3, 0.4) is 0 Å². The summed E-state index contributed by atoms with van der Waals surface area (Å²) in [6.45, 7) is 4.64. The normalized spacial score (nSPS) is 11.7. The number of hydrogen-bond acceptors (Lipinski definition) is 6. The average molecular weight is 345 g/mol. The average Bonchev–Trinajstić information content (AvgIpc) is 2.62. The van der Waals surface area contributed by atoms with Crippen molar-refractivity contribution >= 4 is 5.91 Å². The number of carbonyl (C=O) groups is 1. The lowest BCUT2D eigenvalue weighted by molar-refractivity contribution is 0.0934. The number of amides is 1. The first-order chi connectivity index (χ1) is 12.0. The van der Waals surface area contributed by atoms with E-state index in [1.807, 2.05) is 32.0 Å². The molecule has 0 fully saturated rings. The van der Waals surface area contributed by atoms with Crippen LogP contribution in [0.2, 0.25) is 0 Å². The van der Waals surface area contributed by atoms with E-state index in [0.29, 0.717) is 24.7 Å². The molecule has 0 aliphatic carbocycles. The Morgan fingerprint density at radius 1 is 1.16 bits per heavy atom. The molecule has 0 aliphatic heterocycles. The summed E-state index contributed by atoms with van der Waals surface area (Å²) in [7, 11) is 3.19. The van der Waals surface area contributed by atoms with Crippen LogP contribution in [0.15, 0.2) is 30.6 Å². The summed E-state index contributed by atoms with van der Waals surface area (Å²) >= 11 is 0. The largest absolute Gasteiger partial charge is 0.493 e. The predicted octanol–water partition coefficient (Wildman–Crippen LogP) is 2.31. The lowest BCUT2D eigenvalue weighted by atomic mass is 10.1. The first-order valence-electron chi connectivity index (χ1n) is 7.94. The molecule has 2 aromatic rings. The number of methoxy groups -OCH3 is 2. The van der Waals surface area contributed by atoms with Gasteiger partial charge in [-0.25, -0.2) is 4.98 Å². The lowest BCUT2D eigenvalue weighted by Crippen LogP contribution is -2.27. The molecule has 1 N–H and O–H groups in total. The van der Waals surface area contributed by atoms with Crippen LogP contribution in [-0.4, -0.2) is 43.3 Å². The van der Waals surface area contributed by atoms with Gasteiger partial charge in [0.15, 0.2) is 11.5 Å². The monoisotopic (exact) mass is 345 g/mol. The summed E-state index contributed by atoms with van der Waals surface area (Å²) in [5, 5.41) is 2.90. The van der Waals surface area contributed by atoms with E-state index in [9.17, 15) is 4.79 Å². The molecular weight excluding hydrogens is 322 g/mol. The highest BCUT2D eigenvalue weighted by Crippen LogP contribution is 2.30. The van der Waals surface area contributed by atoms with Crippen molar-refractivity contribution in [2.45, 2.75) is 19.9 Å². The van der Waals surface area contributed by atoms with Gasteiger partial charge in [0.1, 0.15) is 12.3 Å². The number of benzene rings is 1. The van der Waals surface area contributed by atoms with Gasteiger partial charge >= 0.3 is 0 Å². The molecule has 1 aromatic heterocycles. The highest BCUT2D eigenvalue weighted by atomic mass is 16.5. The Morgan fingerprint density at radius 3 is 2.60 bits per heavy atom. The van der Waals surface area contributed by atoms with Gasteiger partial charge in [-0.2, -0.15) is 0 Å². The molecule has 1 atom stereocenters. The fraction of sp³-hybridized carbons (Fsp3) is 0.389. The van der Waals surface area contributed by atoms with Crippen molar-refractivity contribution in [1.82, 2.24) is 15.3 Å². The van der Waals surface area contributed by atoms with Gasteiger partial charge in [0, 0.05) is 13.3 Å². The third-order valence-corrected chi connectivity index (χ3v) is 3.59. The number of rotatable bonds is 8. The Balaban J connectivity index is 2.06. The van der Waals surface area contributed by atoms with Gasteiger partial charge in [-0.15, -0.1) is 0 Å². The van der Waals surface area contributed by atoms with Crippen molar-refractivity contribution in [3.05, 3.63) is 47.5 Å². The number of aromatic nitrogens is 2. The van der Waals surface area contributed by atoms with E-state index in [4.69, 9.17) is 14.2 Å². The maximum atomic E-state index is 12.3. The second-order valence-corrected chi connectivity index (χ2v) is 5.49. The Bertz CT molecular complexity index is 704. The summed E-state index contributed by atoms with van der Waals surface area (Å²) in [6, 6.07) is 5.32. The molecule has 0 saturated heterocycles. The number of nitrogens with one attached hydrogen (secondary N) is 1. The zero-order chi connectivity index (χ0) is 18.2. The molecule has 7 heteroatoms. The lowest BCUT2D eigenvalue weighted by Gasteiger charge is -2.17. The number of ether oxygens (including phenoxy) is 3. The number of nitrogens with zero attached hydrogens (tertiary/aromatic N) is 2. The van der Waals surface area contributed by atoms with E-state index >= 15 is 0 Å². The van der Waals surface area contributed by atoms with Gasteiger partial charge in [0.2, 0.25) is 0 Å². The molecule has 0 radical (unpaired) electrons. The maximum Gasteiger partial charge on any atom is 0.271 e. The van der Waals surface area contributed by atoms with Gasteiger partial charge in [-0.3, -0.25) is 9.78 Å². The summed E-state index contributed by atoms with van der Waals surface area (Å²) in [5.74, 6) is 0.954. The second-order valence-electron chi connectivity index (χ2n) is 5.49. The number of carbonyl (C=O) groups excluding carboxylic acids is 1. The van der Waals surface area contributed by atoms with Crippen LogP contribution in [-0.2, 0) is 4.74 Å². The van der Waals surface area contributed by atoms with Crippen molar-refractivity contribution in [1.29, 1.82) is 0 Å². The van der Waals surface area contributed by atoms with Crippen LogP contribution in [0.1, 0.15) is 34.7 Å². The van der Waals surface area contributed by atoms with E-state index in [0.717, 1.165) is 11.3 Å². The third-order valence-electron chi connectivity index (χ3n) is 3.59. The van der Waals surface area contributed by atoms with Crippen LogP contribution >= 0.6 is 0 Å². The van der Waals surface area contributed by atoms with E-state index in [1.165, 1.54) is 6.20 Å². The molecule has 1 heterocycles. The molecular formula is C18H23N3O4. The molecule has 7 nitrogen and oxygen atoms in total. The summed E-state index contributed by atoms with van der Waals surface area (Å²) in [6.07, 6.45) is 3.03. The molecule has 1 amide bonds. The van der Waals surface area contributed by atoms with Gasteiger partial charge < -0.3 is 19.5 Å². The van der Waals surface area contributed by atoms with Crippen LogP contribution in [0.5, 0.6) is 11.5 Å². The quantitative estimate of drug-likeness (QED) is 0.739. The fourth-order valence-electron chi connectivity index (χ4n) is 2.17. The zero-order valence-electron chi connectivity index (χ0n) is 14.9. The van der Waals surface area contributed by atoms with Crippen molar-refractivity contribution in [2.24, 2.45) is 0 Å².